The molecule has 80 valence electrons. The van der Waals surface area contributed by atoms with E-state index in [2.05, 4.69) is 9.71 Å². The number of rotatable bonds is 3. The molecule has 1 aromatic heterocycles. The Kier molecular flexibility index (Phi) is 3.24. The number of aliphatic hydroxyl groups excluding tert-OH is 1. The maximum atomic E-state index is 10.9. The first-order valence-electron chi connectivity index (χ1n) is 3.94. The van der Waals surface area contributed by atoms with Crippen LogP contribution in [0, 0.1) is 11.3 Å². The van der Waals surface area contributed by atoms with Crippen molar-refractivity contribution in [1.82, 2.24) is 4.98 Å². The summed E-state index contributed by atoms with van der Waals surface area (Å²) < 4.78 is 23.9. The van der Waals surface area contributed by atoms with E-state index in [0.29, 0.717) is 5.56 Å². The number of pyridine rings is 1. The lowest BCUT2D eigenvalue weighted by Gasteiger charge is -2.05. The van der Waals surface area contributed by atoms with Crippen LogP contribution in [-0.4, -0.2) is 24.8 Å². The molecule has 0 aliphatic rings. The van der Waals surface area contributed by atoms with Crippen molar-refractivity contribution >= 4 is 15.8 Å². The molecule has 0 aromatic carbocycles. The van der Waals surface area contributed by atoms with Gasteiger partial charge in [-0.15, -0.1) is 0 Å². The van der Waals surface area contributed by atoms with Crippen molar-refractivity contribution in [2.45, 2.75) is 6.61 Å². The molecule has 0 unspecified atom stereocenters. The number of nitriles is 1. The van der Waals surface area contributed by atoms with Gasteiger partial charge in [-0.3, -0.25) is 4.72 Å². The fourth-order valence-corrected chi connectivity index (χ4v) is 1.47. The normalized spacial score (nSPS) is 10.7. The number of nitrogens with zero attached hydrogens (tertiary/aromatic N) is 2. The Labute approximate surface area is 87.2 Å². The highest BCUT2D eigenvalue weighted by Crippen LogP contribution is 2.12. The molecule has 2 N–H and O–H groups in total. The van der Waals surface area contributed by atoms with Gasteiger partial charge in [0.2, 0.25) is 10.0 Å². The molecule has 0 spiro atoms. The Bertz CT molecular complexity index is 504. The quantitative estimate of drug-likeness (QED) is 0.745. The minimum Gasteiger partial charge on any atom is -0.392 e. The smallest absolute Gasteiger partial charge is 0.230 e. The molecule has 0 radical (unpaired) electrons. The summed E-state index contributed by atoms with van der Waals surface area (Å²) in [6, 6.07) is 3.16. The predicted octanol–water partition coefficient (Wildman–Crippen LogP) is -0.183. The SMILES string of the molecule is CS(=O)(=O)Nc1cc(CO)c(C#N)cn1. The van der Waals surface area contributed by atoms with Crippen molar-refractivity contribution in [1.29, 1.82) is 5.26 Å². The van der Waals surface area contributed by atoms with Crippen LogP contribution in [0.1, 0.15) is 11.1 Å². The molecular weight excluding hydrogens is 218 g/mol. The molecule has 0 fully saturated rings. The highest BCUT2D eigenvalue weighted by atomic mass is 32.2. The van der Waals surface area contributed by atoms with Gasteiger partial charge in [0.25, 0.3) is 0 Å². The molecule has 0 saturated carbocycles. The molecule has 0 bridgehead atoms. The van der Waals surface area contributed by atoms with E-state index in [1.807, 2.05) is 6.07 Å². The fraction of sp³-hybridized carbons (Fsp3) is 0.250. The molecule has 1 rings (SSSR count). The van der Waals surface area contributed by atoms with Gasteiger partial charge in [0.15, 0.2) is 0 Å². The van der Waals surface area contributed by atoms with Gasteiger partial charge in [-0.1, -0.05) is 0 Å². The number of anilines is 1. The Morgan fingerprint density at radius 3 is 2.80 bits per heavy atom. The summed E-state index contributed by atoms with van der Waals surface area (Å²) in [4.78, 5) is 3.72. The average Bonchev–Trinajstić information content (AvgIpc) is 2.15. The van der Waals surface area contributed by atoms with Gasteiger partial charge < -0.3 is 5.11 Å². The van der Waals surface area contributed by atoms with E-state index < -0.39 is 10.0 Å². The molecule has 1 heterocycles. The largest absolute Gasteiger partial charge is 0.392 e. The van der Waals surface area contributed by atoms with Gasteiger partial charge in [-0.2, -0.15) is 5.26 Å². The number of aliphatic hydroxyl groups is 1. The molecule has 0 aliphatic heterocycles. The number of nitrogens with one attached hydrogen (secondary N) is 1. The van der Waals surface area contributed by atoms with Crippen LogP contribution in [0.3, 0.4) is 0 Å². The van der Waals surface area contributed by atoms with Gasteiger partial charge in [-0.05, 0) is 6.07 Å². The zero-order valence-corrected chi connectivity index (χ0v) is 8.74. The molecule has 15 heavy (non-hydrogen) atoms. The van der Waals surface area contributed by atoms with Crippen molar-refractivity contribution in [3.8, 4) is 6.07 Å². The summed E-state index contributed by atoms with van der Waals surface area (Å²) in [5, 5.41) is 17.5. The predicted molar refractivity (Wildman–Crippen MR) is 53.3 cm³/mol. The van der Waals surface area contributed by atoms with E-state index in [0.717, 1.165) is 6.26 Å². The minimum atomic E-state index is -3.40. The topological polar surface area (TPSA) is 103 Å². The van der Waals surface area contributed by atoms with Crippen LogP contribution in [-0.2, 0) is 16.6 Å². The number of hydrogen-bond donors (Lipinski definition) is 2. The maximum Gasteiger partial charge on any atom is 0.230 e. The van der Waals surface area contributed by atoms with Gasteiger partial charge in [0.05, 0.1) is 18.4 Å². The van der Waals surface area contributed by atoms with E-state index in [9.17, 15) is 8.42 Å². The molecule has 7 heteroatoms. The lowest BCUT2D eigenvalue weighted by Crippen LogP contribution is -2.11. The second-order valence-corrected chi connectivity index (χ2v) is 4.62. The summed E-state index contributed by atoms with van der Waals surface area (Å²) in [6.45, 7) is -0.343. The molecule has 0 atom stereocenters. The Balaban J connectivity index is 3.10. The summed E-state index contributed by atoms with van der Waals surface area (Å²) >= 11 is 0. The van der Waals surface area contributed by atoms with E-state index in [1.54, 1.807) is 0 Å². The van der Waals surface area contributed by atoms with Crippen molar-refractivity contribution in [2.24, 2.45) is 0 Å². The van der Waals surface area contributed by atoms with Crippen LogP contribution in [0.5, 0.6) is 0 Å². The van der Waals surface area contributed by atoms with Crippen LogP contribution >= 0.6 is 0 Å². The molecule has 1 aromatic rings. The first-order chi connectivity index (χ1) is 6.96. The van der Waals surface area contributed by atoms with Gasteiger partial charge in [0.1, 0.15) is 11.9 Å². The number of sulfonamides is 1. The third kappa shape index (κ3) is 3.19. The van der Waals surface area contributed by atoms with Gasteiger partial charge in [-0.25, -0.2) is 13.4 Å². The van der Waals surface area contributed by atoms with Gasteiger partial charge >= 0.3 is 0 Å². The van der Waals surface area contributed by atoms with E-state index in [1.165, 1.54) is 12.3 Å². The summed E-state index contributed by atoms with van der Waals surface area (Å²) in [7, 11) is -3.40. The fourth-order valence-electron chi connectivity index (χ4n) is 0.974. The third-order valence-corrected chi connectivity index (χ3v) is 2.15. The highest BCUT2D eigenvalue weighted by molar-refractivity contribution is 7.92. The lowest BCUT2D eigenvalue weighted by atomic mass is 10.1. The maximum absolute atomic E-state index is 10.9. The van der Waals surface area contributed by atoms with Crippen LogP contribution < -0.4 is 4.72 Å². The molecular formula is C8H9N3O3S. The van der Waals surface area contributed by atoms with E-state index in [-0.39, 0.29) is 18.0 Å². The monoisotopic (exact) mass is 227 g/mol. The molecule has 0 amide bonds. The van der Waals surface area contributed by atoms with E-state index >= 15 is 0 Å². The van der Waals surface area contributed by atoms with Crippen LogP contribution in [0.25, 0.3) is 0 Å². The number of aromatic nitrogens is 1. The van der Waals surface area contributed by atoms with Crippen molar-refractivity contribution in [2.75, 3.05) is 11.0 Å². The summed E-state index contributed by atoms with van der Waals surface area (Å²) in [5.74, 6) is 0.0838. The zero-order valence-electron chi connectivity index (χ0n) is 7.93. The van der Waals surface area contributed by atoms with Crippen molar-refractivity contribution in [3.63, 3.8) is 0 Å². The average molecular weight is 227 g/mol. The van der Waals surface area contributed by atoms with Crippen LogP contribution in [0.15, 0.2) is 12.3 Å². The molecule has 0 aliphatic carbocycles. The highest BCUT2D eigenvalue weighted by Gasteiger charge is 2.07. The Hall–Kier alpha value is -1.65. The first kappa shape index (κ1) is 11.4. The summed E-state index contributed by atoms with van der Waals surface area (Å²) in [6.07, 6.45) is 2.20. The van der Waals surface area contributed by atoms with Gasteiger partial charge in [0, 0.05) is 11.8 Å². The summed E-state index contributed by atoms with van der Waals surface area (Å²) in [5.41, 5.74) is 0.551. The minimum absolute atomic E-state index is 0.0838. The third-order valence-electron chi connectivity index (χ3n) is 1.57. The number of hydrogen-bond acceptors (Lipinski definition) is 5. The second-order valence-electron chi connectivity index (χ2n) is 2.87. The first-order valence-corrected chi connectivity index (χ1v) is 5.83. The van der Waals surface area contributed by atoms with Crippen LogP contribution in [0.2, 0.25) is 0 Å². The lowest BCUT2D eigenvalue weighted by molar-refractivity contribution is 0.281. The zero-order chi connectivity index (χ0) is 11.5. The van der Waals surface area contributed by atoms with E-state index in [4.69, 9.17) is 10.4 Å². The van der Waals surface area contributed by atoms with Crippen LogP contribution in [0.4, 0.5) is 5.82 Å². The van der Waals surface area contributed by atoms with Crippen molar-refractivity contribution < 1.29 is 13.5 Å². The molecule has 6 nitrogen and oxygen atoms in total. The Morgan fingerprint density at radius 2 is 2.33 bits per heavy atom. The standard InChI is InChI=1S/C8H9N3O3S/c1-15(13,14)11-8-2-6(5-12)7(3-9)4-10-8/h2,4,12H,5H2,1H3,(H,10,11). The Morgan fingerprint density at radius 1 is 1.67 bits per heavy atom. The molecule has 0 saturated heterocycles. The van der Waals surface area contributed by atoms with Crippen molar-refractivity contribution in [3.05, 3.63) is 23.4 Å². The second kappa shape index (κ2) is 4.25.